The molecule has 2 aromatic rings. The lowest BCUT2D eigenvalue weighted by Gasteiger charge is -1.99. The van der Waals surface area contributed by atoms with E-state index in [1.165, 1.54) is 16.3 Å². The normalized spacial score (nSPS) is 9.06. The molecule has 0 heteroatoms. The summed E-state index contributed by atoms with van der Waals surface area (Å²) in [5.74, 6) is 0. The van der Waals surface area contributed by atoms with E-state index in [0.717, 1.165) is 6.42 Å². The van der Waals surface area contributed by atoms with Gasteiger partial charge in [-0.3, -0.25) is 0 Å². The van der Waals surface area contributed by atoms with Crippen LogP contribution >= 0.6 is 0 Å². The fourth-order valence-corrected chi connectivity index (χ4v) is 1.46. The molecule has 0 nitrogen and oxygen atoms in total. The maximum Gasteiger partial charge on any atom is -0.0181 e. The molecule has 0 aromatic heterocycles. The molecule has 0 N–H and O–H groups in total. The van der Waals surface area contributed by atoms with Crippen LogP contribution in [0.4, 0.5) is 0 Å². The molecule has 2 rings (SSSR count). The molecule has 0 aliphatic carbocycles. The van der Waals surface area contributed by atoms with Gasteiger partial charge in [-0.25, -0.2) is 0 Å². The Morgan fingerprint density at radius 2 is 1.56 bits per heavy atom. The highest BCUT2D eigenvalue weighted by Gasteiger charge is 1.92. The Labute approximate surface area is 97.9 Å². The van der Waals surface area contributed by atoms with E-state index in [4.69, 9.17) is 0 Å². The number of hydrogen-bond acceptors (Lipinski definition) is 0. The summed E-state index contributed by atoms with van der Waals surface area (Å²) in [6.45, 7) is 8.91. The van der Waals surface area contributed by atoms with Crippen LogP contribution in [0.3, 0.4) is 0 Å². The van der Waals surface area contributed by atoms with E-state index in [0.29, 0.717) is 0 Å². The summed E-state index contributed by atoms with van der Waals surface area (Å²) >= 11 is 0. The molecule has 0 saturated heterocycles. The van der Waals surface area contributed by atoms with Crippen LogP contribution in [-0.2, 0) is 6.42 Å². The zero-order valence-corrected chi connectivity index (χ0v) is 9.82. The van der Waals surface area contributed by atoms with Crippen LogP contribution in [0.25, 0.3) is 10.8 Å². The van der Waals surface area contributed by atoms with Gasteiger partial charge in [0.1, 0.15) is 0 Å². The van der Waals surface area contributed by atoms with Crippen LogP contribution in [0.1, 0.15) is 12.5 Å². The number of hydrogen-bond donors (Lipinski definition) is 0. The van der Waals surface area contributed by atoms with E-state index in [2.05, 4.69) is 62.5 Å². The van der Waals surface area contributed by atoms with Crippen LogP contribution < -0.4 is 0 Å². The number of rotatable bonds is 2. The minimum absolute atomic E-state index is 1.12. The third-order valence-electron chi connectivity index (χ3n) is 2.39. The molecule has 0 saturated carbocycles. The van der Waals surface area contributed by atoms with Crippen molar-refractivity contribution in [3.05, 3.63) is 73.3 Å². The van der Waals surface area contributed by atoms with Crippen molar-refractivity contribution in [1.82, 2.24) is 0 Å². The third-order valence-corrected chi connectivity index (χ3v) is 2.39. The van der Waals surface area contributed by atoms with Gasteiger partial charge in [0.15, 0.2) is 0 Å². The molecular formula is C16H18. The van der Waals surface area contributed by atoms with Gasteiger partial charge in [0.05, 0.1) is 0 Å². The van der Waals surface area contributed by atoms with E-state index in [9.17, 15) is 0 Å². The van der Waals surface area contributed by atoms with Crippen molar-refractivity contribution in [2.75, 3.05) is 0 Å². The number of allylic oxidation sites excluding steroid dienone is 2. The monoisotopic (exact) mass is 210 g/mol. The predicted octanol–water partition coefficient (Wildman–Crippen LogP) is 4.76. The second-order valence-corrected chi connectivity index (χ2v) is 3.51. The molecule has 0 atom stereocenters. The van der Waals surface area contributed by atoms with Gasteiger partial charge in [-0.15, -0.1) is 0 Å². The molecule has 2 aromatic carbocycles. The molecule has 0 fully saturated rings. The summed E-state index contributed by atoms with van der Waals surface area (Å²) in [4.78, 5) is 0. The van der Waals surface area contributed by atoms with Gasteiger partial charge in [-0.05, 0) is 22.8 Å². The van der Waals surface area contributed by atoms with Crippen LogP contribution in [0.2, 0.25) is 0 Å². The summed E-state index contributed by atoms with van der Waals surface area (Å²) in [6.07, 6.45) is 4.39. The number of benzene rings is 2. The summed E-state index contributed by atoms with van der Waals surface area (Å²) in [7, 11) is 0. The van der Waals surface area contributed by atoms with Crippen molar-refractivity contribution < 1.29 is 0 Å². The molecule has 0 unspecified atom stereocenters. The van der Waals surface area contributed by atoms with Crippen LogP contribution in [-0.4, -0.2) is 0 Å². The first-order valence-electron chi connectivity index (χ1n) is 5.53. The molecule has 82 valence electrons. The van der Waals surface area contributed by atoms with Crippen molar-refractivity contribution in [3.8, 4) is 0 Å². The van der Waals surface area contributed by atoms with Gasteiger partial charge in [0.2, 0.25) is 0 Å². The number of fused-ring (bicyclic) bond motifs is 1. The first-order valence-corrected chi connectivity index (χ1v) is 5.53. The molecule has 0 heterocycles. The highest BCUT2D eigenvalue weighted by Crippen LogP contribution is 2.15. The molecule has 0 amide bonds. The van der Waals surface area contributed by atoms with Gasteiger partial charge in [0, 0.05) is 0 Å². The van der Waals surface area contributed by atoms with Gasteiger partial charge in [-0.1, -0.05) is 74.7 Å². The Morgan fingerprint density at radius 1 is 0.938 bits per heavy atom. The van der Waals surface area contributed by atoms with Crippen molar-refractivity contribution in [1.29, 1.82) is 0 Å². The Kier molecular flexibility index (Phi) is 5.07. The standard InChI is InChI=1S/C12H12.C4H6/c1-2-10-7-8-11-5-3-4-6-12(11)9-10;1-3-4-2/h3-9H,2H2,1H3;3-4H,1-2H2. The Balaban J connectivity index is 0.000000280. The first-order chi connectivity index (χ1) is 7.81. The quantitative estimate of drug-likeness (QED) is 0.627. The number of aryl methyl sites for hydroxylation is 1. The average Bonchev–Trinajstić information content (AvgIpc) is 2.38. The van der Waals surface area contributed by atoms with Crippen molar-refractivity contribution in [2.24, 2.45) is 0 Å². The molecule has 0 bridgehead atoms. The zero-order chi connectivity index (χ0) is 11.8. The highest BCUT2D eigenvalue weighted by molar-refractivity contribution is 5.82. The SMILES string of the molecule is C=CC=C.CCc1ccc2ccccc2c1. The molecule has 0 aliphatic heterocycles. The van der Waals surface area contributed by atoms with Crippen molar-refractivity contribution in [2.45, 2.75) is 13.3 Å². The highest BCUT2D eigenvalue weighted by atomic mass is 14.0. The fraction of sp³-hybridized carbons (Fsp3) is 0.125. The third kappa shape index (κ3) is 3.39. The van der Waals surface area contributed by atoms with E-state index in [1.54, 1.807) is 12.2 Å². The van der Waals surface area contributed by atoms with E-state index in [-0.39, 0.29) is 0 Å². The van der Waals surface area contributed by atoms with Gasteiger partial charge >= 0.3 is 0 Å². The summed E-state index contributed by atoms with van der Waals surface area (Å²) in [5, 5.41) is 2.67. The second-order valence-electron chi connectivity index (χ2n) is 3.51. The molecule has 0 aliphatic rings. The van der Waals surface area contributed by atoms with Crippen LogP contribution in [0.15, 0.2) is 67.8 Å². The second kappa shape index (κ2) is 6.62. The lowest BCUT2D eigenvalue weighted by atomic mass is 10.1. The van der Waals surface area contributed by atoms with Gasteiger partial charge in [0.25, 0.3) is 0 Å². The molecule has 0 radical (unpaired) electrons. The minimum atomic E-state index is 1.12. The zero-order valence-electron chi connectivity index (χ0n) is 9.82. The van der Waals surface area contributed by atoms with Crippen molar-refractivity contribution >= 4 is 10.8 Å². The topological polar surface area (TPSA) is 0 Å². The van der Waals surface area contributed by atoms with Gasteiger partial charge < -0.3 is 0 Å². The van der Waals surface area contributed by atoms with E-state index >= 15 is 0 Å². The molecule has 0 spiro atoms. The minimum Gasteiger partial charge on any atom is -0.0991 e. The van der Waals surface area contributed by atoms with Gasteiger partial charge in [-0.2, -0.15) is 0 Å². The summed E-state index contributed by atoms with van der Waals surface area (Å²) in [5.41, 5.74) is 1.41. The Hall–Kier alpha value is -1.82. The lowest BCUT2D eigenvalue weighted by Crippen LogP contribution is -1.79. The summed E-state index contributed by atoms with van der Waals surface area (Å²) < 4.78 is 0. The van der Waals surface area contributed by atoms with E-state index < -0.39 is 0 Å². The predicted molar refractivity (Wildman–Crippen MR) is 73.7 cm³/mol. The smallest absolute Gasteiger partial charge is 0.0181 e. The maximum absolute atomic E-state index is 3.36. The van der Waals surface area contributed by atoms with E-state index in [1.807, 2.05) is 0 Å². The Morgan fingerprint density at radius 3 is 2.12 bits per heavy atom. The molecule has 16 heavy (non-hydrogen) atoms. The maximum atomic E-state index is 3.36. The molecular weight excluding hydrogens is 192 g/mol. The Bertz CT molecular complexity index is 460. The fourth-order valence-electron chi connectivity index (χ4n) is 1.46. The average molecular weight is 210 g/mol. The van der Waals surface area contributed by atoms with Crippen LogP contribution in [0, 0.1) is 0 Å². The summed E-state index contributed by atoms with van der Waals surface area (Å²) in [6, 6.07) is 15.1. The van der Waals surface area contributed by atoms with Crippen LogP contribution in [0.5, 0.6) is 0 Å². The largest absolute Gasteiger partial charge is 0.0991 e. The first kappa shape index (κ1) is 12.3. The lowest BCUT2D eigenvalue weighted by molar-refractivity contribution is 1.15. The van der Waals surface area contributed by atoms with Crippen molar-refractivity contribution in [3.63, 3.8) is 0 Å².